The Bertz CT molecular complexity index is 1790. The number of ether oxygens (including phenoxy) is 1. The van der Waals surface area contributed by atoms with Crippen LogP contribution in [0.3, 0.4) is 0 Å². The number of aliphatic carboxylic acids is 1. The first-order chi connectivity index (χ1) is 23.5. The molecule has 0 unspecified atom stereocenters. The summed E-state index contributed by atoms with van der Waals surface area (Å²) in [5.41, 5.74) is 3.81. The lowest BCUT2D eigenvalue weighted by atomic mass is 9.94. The predicted molar refractivity (Wildman–Crippen MR) is 192 cm³/mol. The van der Waals surface area contributed by atoms with Gasteiger partial charge in [0.05, 0.1) is 23.5 Å². The highest BCUT2D eigenvalue weighted by molar-refractivity contribution is 6.17. The minimum Gasteiger partial charge on any atom is -0.480 e. The van der Waals surface area contributed by atoms with Gasteiger partial charge in [-0.3, -0.25) is 14.7 Å². The number of nitrogens with zero attached hydrogens (tertiary/aromatic N) is 2. The van der Waals surface area contributed by atoms with Gasteiger partial charge in [0.25, 0.3) is 0 Å². The molecule has 1 fully saturated rings. The fourth-order valence-corrected chi connectivity index (χ4v) is 6.15. The summed E-state index contributed by atoms with van der Waals surface area (Å²) in [6, 6.07) is 31.1. The Morgan fingerprint density at radius 3 is 2.20 bits per heavy atom. The smallest absolute Gasteiger partial charge is 0.408 e. The third-order valence-electron chi connectivity index (χ3n) is 8.41. The average molecular weight is 661 g/mol. The van der Waals surface area contributed by atoms with Gasteiger partial charge in [-0.1, -0.05) is 103 Å². The first-order valence-corrected chi connectivity index (χ1v) is 16.6. The van der Waals surface area contributed by atoms with Gasteiger partial charge in [0.15, 0.2) is 6.04 Å². The van der Waals surface area contributed by atoms with Crippen LogP contribution in [-0.2, 0) is 20.9 Å². The van der Waals surface area contributed by atoms with Crippen molar-refractivity contribution in [1.82, 2.24) is 10.2 Å². The number of likely N-dealkylation sites (tertiary alicyclic amines) is 1. The lowest BCUT2D eigenvalue weighted by molar-refractivity contribution is -0.139. The summed E-state index contributed by atoms with van der Waals surface area (Å²) < 4.78 is 5.55. The molecule has 0 aromatic heterocycles. The van der Waals surface area contributed by atoms with Crippen LogP contribution in [0.1, 0.15) is 67.5 Å². The summed E-state index contributed by atoms with van der Waals surface area (Å²) in [6.45, 7) is 8.57. The predicted octanol–water partition coefficient (Wildman–Crippen LogP) is 7.15. The number of benzene rings is 4. The van der Waals surface area contributed by atoms with Crippen molar-refractivity contribution >= 4 is 29.4 Å². The van der Waals surface area contributed by atoms with E-state index in [1.54, 1.807) is 39.0 Å². The van der Waals surface area contributed by atoms with Gasteiger partial charge < -0.3 is 20.5 Å². The summed E-state index contributed by atoms with van der Waals surface area (Å²) in [6.07, 6.45) is 0.887. The molecule has 0 aliphatic carbocycles. The lowest BCUT2D eigenvalue weighted by Gasteiger charge is -2.28. The Morgan fingerprint density at radius 2 is 1.53 bits per heavy atom. The molecular weight excluding hydrogens is 616 g/mol. The third kappa shape index (κ3) is 9.21. The Morgan fingerprint density at radius 1 is 0.898 bits per heavy atom. The zero-order valence-corrected chi connectivity index (χ0v) is 28.4. The number of aryl methyl sites for hydroxylation is 1. The van der Waals surface area contributed by atoms with E-state index < -0.39 is 29.7 Å². The molecule has 49 heavy (non-hydrogen) atoms. The SMILES string of the molecule is Cc1ccccc1[C@@H](NC(=O)OC(C)(C)C)[C@H](N=C(c1ccccc1)c1ccccc1NC(=O)[C@@H]1CCCN1Cc1ccccc1)C(=O)O. The normalized spacial score (nSPS) is 16.4. The van der Waals surface area contributed by atoms with E-state index in [-0.39, 0.29) is 11.9 Å². The monoisotopic (exact) mass is 660 g/mol. The van der Waals surface area contributed by atoms with Crippen molar-refractivity contribution in [2.45, 2.75) is 70.8 Å². The molecule has 3 atom stereocenters. The van der Waals surface area contributed by atoms with Gasteiger partial charge in [0.1, 0.15) is 5.60 Å². The van der Waals surface area contributed by atoms with Crippen LogP contribution >= 0.6 is 0 Å². The second-order valence-corrected chi connectivity index (χ2v) is 13.3. The molecular formula is C40H44N4O5. The van der Waals surface area contributed by atoms with E-state index in [4.69, 9.17) is 9.73 Å². The highest BCUT2D eigenvalue weighted by Crippen LogP contribution is 2.29. The van der Waals surface area contributed by atoms with E-state index >= 15 is 0 Å². The third-order valence-corrected chi connectivity index (χ3v) is 8.41. The molecule has 1 aliphatic rings. The number of rotatable bonds is 11. The molecule has 4 aromatic rings. The summed E-state index contributed by atoms with van der Waals surface area (Å²) >= 11 is 0. The number of para-hydroxylation sites is 1. The van der Waals surface area contributed by atoms with Crippen LogP contribution in [0.2, 0.25) is 0 Å². The fourth-order valence-electron chi connectivity index (χ4n) is 6.15. The second kappa shape index (κ2) is 15.7. The molecule has 2 amide bonds. The Kier molecular flexibility index (Phi) is 11.3. The van der Waals surface area contributed by atoms with Crippen LogP contribution in [0.4, 0.5) is 10.5 Å². The number of nitrogens with one attached hydrogen (secondary N) is 2. The highest BCUT2D eigenvalue weighted by Gasteiger charge is 2.35. The standard InChI is InChI=1S/C40H44N4O5/c1-27-16-11-12-21-30(27)35(43-39(48)49-40(2,3)4)36(38(46)47)42-34(29-19-9-6-10-20-29)31-22-13-14-23-32(31)41-37(45)33-24-15-25-44(33)26-28-17-7-5-8-18-28/h5-14,16-23,33,35-36H,15,24-26H2,1-4H3,(H,41,45)(H,43,48)(H,46,47)/t33-,35+,36-/m0/s1. The van der Waals surface area contributed by atoms with Crippen molar-refractivity contribution < 1.29 is 24.2 Å². The Hall–Kier alpha value is -5.28. The van der Waals surface area contributed by atoms with Crippen LogP contribution < -0.4 is 10.6 Å². The molecule has 0 bridgehead atoms. The molecule has 9 nitrogen and oxygen atoms in total. The number of carboxylic acids is 1. The van der Waals surface area contributed by atoms with Gasteiger partial charge in [0.2, 0.25) is 5.91 Å². The number of carbonyl (C=O) groups is 3. The van der Waals surface area contributed by atoms with E-state index in [0.717, 1.165) is 30.5 Å². The Balaban J connectivity index is 1.55. The van der Waals surface area contributed by atoms with Crippen molar-refractivity contribution in [2.24, 2.45) is 4.99 Å². The van der Waals surface area contributed by atoms with E-state index in [9.17, 15) is 19.5 Å². The lowest BCUT2D eigenvalue weighted by Crippen LogP contribution is -2.42. The van der Waals surface area contributed by atoms with Crippen molar-refractivity contribution in [3.63, 3.8) is 0 Å². The van der Waals surface area contributed by atoms with Gasteiger partial charge in [-0.15, -0.1) is 0 Å². The molecule has 3 N–H and O–H groups in total. The van der Waals surface area contributed by atoms with E-state index in [2.05, 4.69) is 27.7 Å². The number of amides is 2. The van der Waals surface area contributed by atoms with E-state index in [1.807, 2.05) is 85.8 Å². The molecule has 1 heterocycles. The molecule has 1 aliphatic heterocycles. The van der Waals surface area contributed by atoms with Gasteiger partial charge in [-0.05, 0) is 69.8 Å². The first kappa shape index (κ1) is 35.0. The van der Waals surface area contributed by atoms with Crippen LogP contribution in [0.15, 0.2) is 114 Å². The summed E-state index contributed by atoms with van der Waals surface area (Å²) in [4.78, 5) is 47.2. The van der Waals surface area contributed by atoms with Crippen LogP contribution in [-0.4, -0.2) is 57.9 Å². The molecule has 254 valence electrons. The van der Waals surface area contributed by atoms with Crippen LogP contribution in [0, 0.1) is 6.92 Å². The minimum absolute atomic E-state index is 0.132. The fraction of sp³-hybridized carbons (Fsp3) is 0.300. The molecule has 0 saturated carbocycles. The van der Waals surface area contributed by atoms with Gasteiger partial charge in [0, 0.05) is 17.7 Å². The van der Waals surface area contributed by atoms with Crippen LogP contribution in [0.25, 0.3) is 0 Å². The number of anilines is 1. The van der Waals surface area contributed by atoms with Gasteiger partial charge >= 0.3 is 12.1 Å². The number of carbonyl (C=O) groups excluding carboxylic acids is 2. The molecule has 1 saturated heterocycles. The maximum Gasteiger partial charge on any atom is 0.408 e. The van der Waals surface area contributed by atoms with Crippen molar-refractivity contribution in [2.75, 3.05) is 11.9 Å². The second-order valence-electron chi connectivity index (χ2n) is 13.3. The van der Waals surface area contributed by atoms with Crippen molar-refractivity contribution in [3.05, 3.63) is 137 Å². The molecule has 0 radical (unpaired) electrons. The minimum atomic E-state index is -1.45. The molecule has 9 heteroatoms. The average Bonchev–Trinajstić information content (AvgIpc) is 3.53. The van der Waals surface area contributed by atoms with Gasteiger partial charge in [-0.25, -0.2) is 9.59 Å². The highest BCUT2D eigenvalue weighted by atomic mass is 16.6. The number of carboxylic acid groups (broad SMARTS) is 1. The number of hydrogen-bond donors (Lipinski definition) is 3. The van der Waals surface area contributed by atoms with Crippen LogP contribution in [0.5, 0.6) is 0 Å². The first-order valence-electron chi connectivity index (χ1n) is 16.6. The zero-order valence-electron chi connectivity index (χ0n) is 28.4. The molecule has 0 spiro atoms. The maximum atomic E-state index is 13.9. The summed E-state index contributed by atoms with van der Waals surface area (Å²) in [5.74, 6) is -1.37. The largest absolute Gasteiger partial charge is 0.480 e. The number of alkyl carbamates (subject to hydrolysis) is 1. The number of hydrogen-bond acceptors (Lipinski definition) is 6. The molecule has 5 rings (SSSR count). The van der Waals surface area contributed by atoms with Gasteiger partial charge in [-0.2, -0.15) is 0 Å². The quantitative estimate of drug-likeness (QED) is 0.147. The zero-order chi connectivity index (χ0) is 35.0. The molecule has 4 aromatic carbocycles. The maximum absolute atomic E-state index is 13.9. The van der Waals surface area contributed by atoms with Crippen molar-refractivity contribution in [3.8, 4) is 0 Å². The summed E-state index contributed by atoms with van der Waals surface area (Å²) in [7, 11) is 0. The Labute approximate surface area is 288 Å². The number of aliphatic imine (C=N–C) groups is 1. The summed E-state index contributed by atoms with van der Waals surface area (Å²) in [5, 5.41) is 16.7. The topological polar surface area (TPSA) is 120 Å². The van der Waals surface area contributed by atoms with E-state index in [0.29, 0.717) is 34.6 Å². The van der Waals surface area contributed by atoms with Crippen molar-refractivity contribution in [1.29, 1.82) is 0 Å². The van der Waals surface area contributed by atoms with E-state index in [1.165, 1.54) is 0 Å².